The molecule has 2 aromatic rings. The zero-order valence-corrected chi connectivity index (χ0v) is 29.6. The van der Waals surface area contributed by atoms with Crippen LogP contribution in [0.2, 0.25) is 0 Å². The van der Waals surface area contributed by atoms with Crippen molar-refractivity contribution in [2.45, 2.75) is 113 Å². The Kier molecular flexibility index (Phi) is 12.9. The number of anilines is 2. The molecule has 2 aliphatic carbocycles. The zero-order valence-electron chi connectivity index (χ0n) is 26.3. The van der Waals surface area contributed by atoms with E-state index in [1.54, 1.807) is 0 Å². The number of rotatable bonds is 4. The molecule has 0 N–H and O–H groups in total. The van der Waals surface area contributed by atoms with E-state index >= 15 is 0 Å². The molecule has 0 aromatic heterocycles. The molecule has 224 valence electrons. The predicted octanol–water partition coefficient (Wildman–Crippen LogP) is 11.3. The van der Waals surface area contributed by atoms with Gasteiger partial charge in [-0.15, -0.1) is 0 Å². The topological polar surface area (TPSA) is 6.48 Å². The number of nitrogens with zero attached hydrogens (tertiary/aromatic N) is 2. The monoisotopic (exact) mass is 672 g/mol. The van der Waals surface area contributed by atoms with Crippen LogP contribution in [0.4, 0.5) is 11.4 Å². The summed E-state index contributed by atoms with van der Waals surface area (Å²) >= 11 is -0.346. The Labute approximate surface area is 261 Å². The number of hydrogen-bond acceptors (Lipinski definition) is 2. The molecule has 0 unspecified atom stereocenters. The van der Waals surface area contributed by atoms with Gasteiger partial charge in [0.15, 0.2) is 0 Å². The van der Waals surface area contributed by atoms with E-state index in [1.165, 1.54) is 89.7 Å². The van der Waals surface area contributed by atoms with Crippen molar-refractivity contribution in [3.63, 3.8) is 0 Å². The minimum atomic E-state index is -0.346. The first kappa shape index (κ1) is 33.5. The van der Waals surface area contributed by atoms with Crippen molar-refractivity contribution in [1.29, 1.82) is 0 Å². The molecule has 2 fully saturated rings. The minimum absolute atomic E-state index is 0.346. The van der Waals surface area contributed by atoms with Crippen molar-refractivity contribution in [1.82, 2.24) is 0 Å². The van der Waals surface area contributed by atoms with E-state index in [2.05, 4.69) is 109 Å². The van der Waals surface area contributed by atoms with Crippen LogP contribution in [0.5, 0.6) is 0 Å². The Hall–Kier alpha value is -1.02. The standard InChI is InChI=1S/C25H32N2.C10H20.2ClH.Ru/c1-16-12-18(3)23(19(4)13-16)26-10-11-27(25(26)22-8-7-9-22)24-20(5)14-17(2)15-21(24)6;1-8(2)10-6-4-9(3)5-7-10;;;/h10-15,22,25H,7-9H2,1-6H3;8-10H,4-7H2,1-3H3;2*1H;/q;;;;+2/p-2. The summed E-state index contributed by atoms with van der Waals surface area (Å²) in [6.45, 7) is 20.5. The molecular formula is C35H52Cl2N2Ru. The molecule has 0 radical (unpaired) electrons. The molecule has 0 amide bonds. The van der Waals surface area contributed by atoms with Crippen LogP contribution in [0.3, 0.4) is 0 Å². The van der Waals surface area contributed by atoms with Gasteiger partial charge in [0.05, 0.1) is 0 Å². The SMILES string of the molecule is CC1CCC(C(C)C)CC1.Cc1cc(C)c(N2C=CN(c3c(C)cc(C)cc3C)C2C2CCC2)c(C)c1.[Cl][Ru][Cl]. The molecule has 1 aliphatic heterocycles. The first-order valence-corrected chi connectivity index (χ1v) is 19.7. The van der Waals surface area contributed by atoms with Gasteiger partial charge < -0.3 is 9.80 Å². The van der Waals surface area contributed by atoms with Crippen LogP contribution in [0.25, 0.3) is 0 Å². The van der Waals surface area contributed by atoms with E-state index in [-0.39, 0.29) is 15.1 Å². The van der Waals surface area contributed by atoms with Crippen LogP contribution >= 0.6 is 19.4 Å². The second kappa shape index (κ2) is 15.5. The normalized spacial score (nSPS) is 21.2. The van der Waals surface area contributed by atoms with Gasteiger partial charge in [0.2, 0.25) is 0 Å². The van der Waals surface area contributed by atoms with Gasteiger partial charge in [0, 0.05) is 23.8 Å². The average molecular weight is 673 g/mol. The Balaban J connectivity index is 0.000000283. The zero-order chi connectivity index (χ0) is 29.6. The number of benzene rings is 2. The number of aryl methyl sites for hydroxylation is 6. The van der Waals surface area contributed by atoms with Crippen LogP contribution in [0, 0.1) is 65.2 Å². The predicted molar refractivity (Wildman–Crippen MR) is 174 cm³/mol. The van der Waals surface area contributed by atoms with Crippen LogP contribution in [-0.4, -0.2) is 6.17 Å². The van der Waals surface area contributed by atoms with Crippen LogP contribution in [0.15, 0.2) is 36.7 Å². The Bertz CT molecular complexity index is 1020. The molecule has 5 rings (SSSR count). The quantitative estimate of drug-likeness (QED) is 0.298. The second-order valence-corrected chi connectivity index (χ2v) is 15.7. The molecule has 0 atom stereocenters. The van der Waals surface area contributed by atoms with Crippen molar-refractivity contribution in [3.8, 4) is 0 Å². The molecule has 5 heteroatoms. The Morgan fingerprint density at radius 2 is 1.05 bits per heavy atom. The molecule has 40 heavy (non-hydrogen) atoms. The van der Waals surface area contributed by atoms with Gasteiger partial charge in [0.1, 0.15) is 6.17 Å². The average Bonchev–Trinajstić information content (AvgIpc) is 3.21. The van der Waals surface area contributed by atoms with E-state index in [4.69, 9.17) is 19.4 Å². The van der Waals surface area contributed by atoms with Gasteiger partial charge in [-0.3, -0.25) is 0 Å². The number of hydrogen-bond donors (Lipinski definition) is 0. The second-order valence-electron chi connectivity index (χ2n) is 13.0. The molecular weight excluding hydrogens is 620 g/mol. The van der Waals surface area contributed by atoms with E-state index in [0.717, 1.165) is 23.7 Å². The third kappa shape index (κ3) is 8.29. The summed E-state index contributed by atoms with van der Waals surface area (Å²) in [5.41, 5.74) is 11.0. The first-order chi connectivity index (χ1) is 19.0. The summed E-state index contributed by atoms with van der Waals surface area (Å²) in [5, 5.41) is 0. The van der Waals surface area contributed by atoms with E-state index < -0.39 is 0 Å². The molecule has 1 heterocycles. The van der Waals surface area contributed by atoms with Gasteiger partial charge in [-0.25, -0.2) is 0 Å². The fraction of sp³-hybridized carbons (Fsp3) is 0.600. The van der Waals surface area contributed by atoms with Gasteiger partial charge in [-0.05, 0) is 113 Å². The molecule has 3 aliphatic rings. The fourth-order valence-electron chi connectivity index (χ4n) is 7.17. The van der Waals surface area contributed by atoms with E-state index in [0.29, 0.717) is 6.17 Å². The third-order valence-corrected chi connectivity index (χ3v) is 9.32. The van der Waals surface area contributed by atoms with Crippen molar-refractivity contribution in [2.24, 2.45) is 23.7 Å². The van der Waals surface area contributed by atoms with Crippen LogP contribution in [0.1, 0.15) is 99.1 Å². The molecule has 2 nitrogen and oxygen atoms in total. The molecule has 2 saturated carbocycles. The summed E-state index contributed by atoms with van der Waals surface area (Å²) in [6.07, 6.45) is 14.9. The van der Waals surface area contributed by atoms with Crippen LogP contribution in [-0.2, 0) is 15.1 Å². The van der Waals surface area contributed by atoms with Crippen molar-refractivity contribution < 1.29 is 15.1 Å². The summed E-state index contributed by atoms with van der Waals surface area (Å²) in [7, 11) is 9.71. The molecule has 0 spiro atoms. The number of halogens is 2. The van der Waals surface area contributed by atoms with E-state index in [9.17, 15) is 0 Å². The summed E-state index contributed by atoms with van der Waals surface area (Å²) in [4.78, 5) is 5.10. The van der Waals surface area contributed by atoms with Crippen LogP contribution < -0.4 is 9.80 Å². The van der Waals surface area contributed by atoms with Gasteiger partial charge >= 0.3 is 34.5 Å². The summed E-state index contributed by atoms with van der Waals surface area (Å²) in [6, 6.07) is 9.27. The third-order valence-electron chi connectivity index (χ3n) is 9.32. The molecule has 2 aromatic carbocycles. The van der Waals surface area contributed by atoms with E-state index in [1.807, 2.05) is 0 Å². The first-order valence-electron chi connectivity index (χ1n) is 15.2. The Morgan fingerprint density at radius 3 is 1.35 bits per heavy atom. The van der Waals surface area contributed by atoms with Gasteiger partial charge in [0.25, 0.3) is 0 Å². The van der Waals surface area contributed by atoms with Gasteiger partial charge in [-0.1, -0.05) is 75.4 Å². The van der Waals surface area contributed by atoms with Crippen molar-refractivity contribution in [3.05, 3.63) is 70.0 Å². The van der Waals surface area contributed by atoms with Crippen molar-refractivity contribution >= 4 is 30.8 Å². The summed E-state index contributed by atoms with van der Waals surface area (Å²) in [5.74, 6) is 3.69. The molecule has 0 bridgehead atoms. The fourth-order valence-corrected chi connectivity index (χ4v) is 7.17. The van der Waals surface area contributed by atoms with Gasteiger partial charge in [-0.2, -0.15) is 0 Å². The summed E-state index contributed by atoms with van der Waals surface area (Å²) < 4.78 is 0. The van der Waals surface area contributed by atoms with Crippen molar-refractivity contribution in [2.75, 3.05) is 9.80 Å². The molecule has 0 saturated heterocycles. The maximum atomic E-state index is 4.85. The maximum absolute atomic E-state index is 4.85. The Morgan fingerprint density at radius 1 is 0.675 bits per heavy atom.